The standard InChI is InChI=1S/C16H26ClN/c1-7-16(5,6)15(18-8-2)13-9-11(3)12(4)10-14(13)17/h9-10,15,18H,7-8H2,1-6H3. The minimum atomic E-state index is 0.196. The zero-order valence-electron chi connectivity index (χ0n) is 12.5. The first-order valence-electron chi connectivity index (χ1n) is 6.83. The normalized spacial score (nSPS) is 13.7. The average molecular weight is 268 g/mol. The topological polar surface area (TPSA) is 12.0 Å². The highest BCUT2D eigenvalue weighted by atomic mass is 35.5. The summed E-state index contributed by atoms with van der Waals surface area (Å²) in [6, 6.07) is 4.63. The number of benzene rings is 1. The molecule has 1 aromatic carbocycles. The lowest BCUT2D eigenvalue weighted by Gasteiger charge is -2.35. The highest BCUT2D eigenvalue weighted by Crippen LogP contribution is 2.39. The summed E-state index contributed by atoms with van der Waals surface area (Å²) < 4.78 is 0. The summed E-state index contributed by atoms with van der Waals surface area (Å²) in [7, 11) is 0. The number of aryl methyl sites for hydroxylation is 2. The maximum atomic E-state index is 6.45. The second-order valence-corrected chi connectivity index (χ2v) is 6.20. The van der Waals surface area contributed by atoms with Gasteiger partial charge in [-0.2, -0.15) is 0 Å². The Labute approximate surface area is 117 Å². The van der Waals surface area contributed by atoms with Gasteiger partial charge in [0.2, 0.25) is 0 Å². The van der Waals surface area contributed by atoms with Gasteiger partial charge in [0.25, 0.3) is 0 Å². The van der Waals surface area contributed by atoms with Gasteiger partial charge in [0.15, 0.2) is 0 Å². The molecule has 0 amide bonds. The van der Waals surface area contributed by atoms with Crippen LogP contribution in [0.25, 0.3) is 0 Å². The molecule has 0 fully saturated rings. The zero-order valence-corrected chi connectivity index (χ0v) is 13.3. The van der Waals surface area contributed by atoms with Gasteiger partial charge in [-0.3, -0.25) is 0 Å². The first kappa shape index (κ1) is 15.5. The number of hydrogen-bond donors (Lipinski definition) is 1. The van der Waals surface area contributed by atoms with Crippen LogP contribution in [0.15, 0.2) is 12.1 Å². The summed E-state index contributed by atoms with van der Waals surface area (Å²) in [4.78, 5) is 0. The number of rotatable bonds is 5. The van der Waals surface area contributed by atoms with Crippen molar-refractivity contribution in [1.29, 1.82) is 0 Å². The lowest BCUT2D eigenvalue weighted by molar-refractivity contribution is 0.237. The molecule has 0 aromatic heterocycles. The second-order valence-electron chi connectivity index (χ2n) is 5.79. The van der Waals surface area contributed by atoms with E-state index in [1.807, 2.05) is 0 Å². The quantitative estimate of drug-likeness (QED) is 0.788. The van der Waals surface area contributed by atoms with Crippen LogP contribution in [0.2, 0.25) is 5.02 Å². The highest BCUT2D eigenvalue weighted by Gasteiger charge is 2.30. The number of halogens is 1. The predicted molar refractivity (Wildman–Crippen MR) is 81.4 cm³/mol. The van der Waals surface area contributed by atoms with Gasteiger partial charge in [-0.1, -0.05) is 45.4 Å². The Balaban J connectivity index is 3.26. The van der Waals surface area contributed by atoms with Crippen molar-refractivity contribution in [2.45, 2.75) is 54.0 Å². The largest absolute Gasteiger partial charge is 0.310 e. The van der Waals surface area contributed by atoms with E-state index in [0.717, 1.165) is 18.0 Å². The summed E-state index contributed by atoms with van der Waals surface area (Å²) in [5.74, 6) is 0. The molecule has 102 valence electrons. The van der Waals surface area contributed by atoms with Crippen molar-refractivity contribution in [3.63, 3.8) is 0 Å². The molecular weight excluding hydrogens is 242 g/mol. The van der Waals surface area contributed by atoms with Crippen LogP contribution in [0, 0.1) is 19.3 Å². The zero-order chi connectivity index (χ0) is 13.9. The predicted octanol–water partition coefficient (Wildman–Crippen LogP) is 5.04. The monoisotopic (exact) mass is 267 g/mol. The smallest absolute Gasteiger partial charge is 0.0456 e. The molecule has 0 radical (unpaired) electrons. The third-order valence-corrected chi connectivity index (χ3v) is 4.35. The van der Waals surface area contributed by atoms with Crippen LogP contribution in [-0.4, -0.2) is 6.54 Å². The van der Waals surface area contributed by atoms with Crippen molar-refractivity contribution in [3.05, 3.63) is 33.8 Å². The lowest BCUT2D eigenvalue weighted by atomic mass is 9.77. The van der Waals surface area contributed by atoms with E-state index in [1.165, 1.54) is 16.7 Å². The van der Waals surface area contributed by atoms with Crippen LogP contribution in [0.3, 0.4) is 0 Å². The van der Waals surface area contributed by atoms with E-state index in [4.69, 9.17) is 11.6 Å². The van der Waals surface area contributed by atoms with Gasteiger partial charge < -0.3 is 5.32 Å². The van der Waals surface area contributed by atoms with Gasteiger partial charge in [0, 0.05) is 11.1 Å². The van der Waals surface area contributed by atoms with Crippen LogP contribution in [0.4, 0.5) is 0 Å². The first-order valence-corrected chi connectivity index (χ1v) is 7.21. The molecule has 1 atom stereocenters. The van der Waals surface area contributed by atoms with Gasteiger partial charge >= 0.3 is 0 Å². The Morgan fingerprint density at radius 3 is 2.22 bits per heavy atom. The maximum absolute atomic E-state index is 6.45. The molecule has 0 heterocycles. The average Bonchev–Trinajstić information content (AvgIpc) is 2.31. The Kier molecular flexibility index (Phi) is 5.24. The van der Waals surface area contributed by atoms with Crippen molar-refractivity contribution in [2.75, 3.05) is 6.54 Å². The van der Waals surface area contributed by atoms with Crippen molar-refractivity contribution in [1.82, 2.24) is 5.32 Å². The first-order chi connectivity index (χ1) is 8.33. The molecular formula is C16H26ClN. The maximum Gasteiger partial charge on any atom is 0.0456 e. The molecule has 18 heavy (non-hydrogen) atoms. The Morgan fingerprint density at radius 1 is 1.17 bits per heavy atom. The summed E-state index contributed by atoms with van der Waals surface area (Å²) in [5.41, 5.74) is 3.99. The number of nitrogens with one attached hydrogen (secondary N) is 1. The van der Waals surface area contributed by atoms with Crippen molar-refractivity contribution in [2.24, 2.45) is 5.41 Å². The molecule has 0 spiro atoms. The molecule has 1 rings (SSSR count). The van der Waals surface area contributed by atoms with E-state index in [2.05, 4.69) is 59.0 Å². The van der Waals surface area contributed by atoms with Crippen LogP contribution in [0.5, 0.6) is 0 Å². The molecule has 2 heteroatoms. The Morgan fingerprint density at radius 2 is 1.72 bits per heavy atom. The summed E-state index contributed by atoms with van der Waals surface area (Å²) in [6.45, 7) is 14.2. The van der Waals surface area contributed by atoms with Crippen molar-refractivity contribution < 1.29 is 0 Å². The third-order valence-electron chi connectivity index (χ3n) is 4.02. The molecule has 0 bridgehead atoms. The molecule has 1 unspecified atom stereocenters. The molecule has 1 aromatic rings. The fourth-order valence-corrected chi connectivity index (χ4v) is 2.57. The van der Waals surface area contributed by atoms with Gasteiger partial charge in [-0.25, -0.2) is 0 Å². The summed E-state index contributed by atoms with van der Waals surface area (Å²) >= 11 is 6.45. The van der Waals surface area contributed by atoms with E-state index in [0.29, 0.717) is 6.04 Å². The van der Waals surface area contributed by atoms with Gasteiger partial charge in [-0.15, -0.1) is 0 Å². The van der Waals surface area contributed by atoms with Crippen LogP contribution in [-0.2, 0) is 0 Å². The molecule has 0 aliphatic rings. The SMILES string of the molecule is CCNC(c1cc(C)c(C)cc1Cl)C(C)(C)CC. The van der Waals surface area contributed by atoms with Gasteiger partial charge in [0.1, 0.15) is 0 Å². The fourth-order valence-electron chi connectivity index (χ4n) is 2.24. The van der Waals surface area contributed by atoms with Crippen molar-refractivity contribution in [3.8, 4) is 0 Å². The molecule has 0 aliphatic carbocycles. The molecule has 0 saturated heterocycles. The lowest BCUT2D eigenvalue weighted by Crippen LogP contribution is -2.34. The van der Waals surface area contributed by atoms with Crippen LogP contribution in [0.1, 0.15) is 56.8 Å². The summed E-state index contributed by atoms with van der Waals surface area (Å²) in [5, 5.41) is 4.47. The molecule has 1 N–H and O–H groups in total. The molecule has 1 nitrogen and oxygen atoms in total. The van der Waals surface area contributed by atoms with Gasteiger partial charge in [0.05, 0.1) is 0 Å². The molecule has 0 saturated carbocycles. The van der Waals surface area contributed by atoms with E-state index >= 15 is 0 Å². The summed E-state index contributed by atoms with van der Waals surface area (Å²) in [6.07, 6.45) is 1.12. The number of hydrogen-bond acceptors (Lipinski definition) is 1. The van der Waals surface area contributed by atoms with Crippen LogP contribution < -0.4 is 5.32 Å². The second kappa shape index (κ2) is 6.08. The highest BCUT2D eigenvalue weighted by molar-refractivity contribution is 6.31. The van der Waals surface area contributed by atoms with E-state index in [9.17, 15) is 0 Å². The minimum absolute atomic E-state index is 0.196. The third kappa shape index (κ3) is 3.27. The fraction of sp³-hybridized carbons (Fsp3) is 0.625. The molecule has 0 aliphatic heterocycles. The van der Waals surface area contributed by atoms with Crippen LogP contribution >= 0.6 is 11.6 Å². The minimum Gasteiger partial charge on any atom is -0.310 e. The van der Waals surface area contributed by atoms with Gasteiger partial charge in [-0.05, 0) is 55.0 Å². The Bertz CT molecular complexity index is 410. The van der Waals surface area contributed by atoms with E-state index in [-0.39, 0.29) is 5.41 Å². The van der Waals surface area contributed by atoms with E-state index in [1.54, 1.807) is 0 Å². The van der Waals surface area contributed by atoms with E-state index < -0.39 is 0 Å². The van der Waals surface area contributed by atoms with Crippen molar-refractivity contribution >= 4 is 11.6 Å². The Hall–Kier alpha value is -0.530.